The average Bonchev–Trinajstić information content (AvgIpc) is 2.35. The molecule has 0 aromatic heterocycles. The van der Waals surface area contributed by atoms with E-state index in [0.29, 0.717) is 6.42 Å². The van der Waals surface area contributed by atoms with E-state index in [2.05, 4.69) is 24.0 Å². The van der Waals surface area contributed by atoms with Crippen molar-refractivity contribution in [1.82, 2.24) is 0 Å². The maximum Gasteiger partial charge on any atom is 0.0569 e. The number of rotatable bonds is 5. The highest BCUT2D eigenvalue weighted by molar-refractivity contribution is 5.15. The van der Waals surface area contributed by atoms with Crippen molar-refractivity contribution in [3.05, 3.63) is 35.9 Å². The topological polar surface area (TPSA) is 40.5 Å². The van der Waals surface area contributed by atoms with Gasteiger partial charge >= 0.3 is 0 Å². The standard InChI is InChI=1S/C14H18O2/c15-11-5-4-8-14(12-16)10-9-13-6-2-1-3-7-13/h1-3,6-7,14-16H,5,9-12H2. The van der Waals surface area contributed by atoms with E-state index in [4.69, 9.17) is 10.2 Å². The smallest absolute Gasteiger partial charge is 0.0569 e. The summed E-state index contributed by atoms with van der Waals surface area (Å²) in [4.78, 5) is 0. The lowest BCUT2D eigenvalue weighted by molar-refractivity contribution is 0.251. The van der Waals surface area contributed by atoms with Crippen molar-refractivity contribution in [2.24, 2.45) is 5.92 Å². The van der Waals surface area contributed by atoms with Crippen LogP contribution in [0, 0.1) is 17.8 Å². The van der Waals surface area contributed by atoms with E-state index < -0.39 is 0 Å². The summed E-state index contributed by atoms with van der Waals surface area (Å²) in [5, 5.41) is 17.7. The molecule has 2 N–H and O–H groups in total. The Kier molecular flexibility index (Phi) is 6.32. The van der Waals surface area contributed by atoms with Crippen molar-refractivity contribution >= 4 is 0 Å². The maximum absolute atomic E-state index is 9.14. The lowest BCUT2D eigenvalue weighted by Gasteiger charge is -2.06. The monoisotopic (exact) mass is 218 g/mol. The van der Waals surface area contributed by atoms with Crippen molar-refractivity contribution < 1.29 is 10.2 Å². The third kappa shape index (κ3) is 4.97. The Bertz CT molecular complexity index is 335. The molecule has 1 unspecified atom stereocenters. The van der Waals surface area contributed by atoms with E-state index in [9.17, 15) is 0 Å². The van der Waals surface area contributed by atoms with Gasteiger partial charge in [-0.2, -0.15) is 0 Å². The molecule has 16 heavy (non-hydrogen) atoms. The zero-order valence-electron chi connectivity index (χ0n) is 9.39. The molecule has 0 aliphatic rings. The molecule has 0 aliphatic heterocycles. The molecule has 1 aromatic rings. The van der Waals surface area contributed by atoms with Gasteiger partial charge in [0.05, 0.1) is 13.2 Å². The summed E-state index contributed by atoms with van der Waals surface area (Å²) in [7, 11) is 0. The van der Waals surface area contributed by atoms with Crippen LogP contribution in [-0.4, -0.2) is 23.4 Å². The zero-order chi connectivity index (χ0) is 11.6. The van der Waals surface area contributed by atoms with Crippen LogP contribution in [-0.2, 0) is 6.42 Å². The number of benzene rings is 1. The molecule has 2 nitrogen and oxygen atoms in total. The molecular weight excluding hydrogens is 200 g/mol. The summed E-state index contributed by atoms with van der Waals surface area (Å²) in [6.07, 6.45) is 2.28. The number of aliphatic hydroxyl groups excluding tert-OH is 2. The molecule has 1 rings (SSSR count). The van der Waals surface area contributed by atoms with Crippen LogP contribution in [0.3, 0.4) is 0 Å². The number of hydrogen-bond donors (Lipinski definition) is 2. The molecule has 1 atom stereocenters. The largest absolute Gasteiger partial charge is 0.395 e. The van der Waals surface area contributed by atoms with E-state index in [-0.39, 0.29) is 19.1 Å². The van der Waals surface area contributed by atoms with Crippen LogP contribution < -0.4 is 0 Å². The van der Waals surface area contributed by atoms with E-state index >= 15 is 0 Å². The maximum atomic E-state index is 9.14. The van der Waals surface area contributed by atoms with Crippen molar-refractivity contribution in [3.63, 3.8) is 0 Å². The van der Waals surface area contributed by atoms with Gasteiger partial charge in [-0.05, 0) is 18.4 Å². The van der Waals surface area contributed by atoms with Crippen molar-refractivity contribution in [2.45, 2.75) is 19.3 Å². The highest BCUT2D eigenvalue weighted by Crippen LogP contribution is 2.08. The molecule has 0 saturated carbocycles. The Morgan fingerprint density at radius 3 is 2.50 bits per heavy atom. The molecule has 0 saturated heterocycles. The van der Waals surface area contributed by atoms with Crippen molar-refractivity contribution in [3.8, 4) is 11.8 Å². The zero-order valence-corrected chi connectivity index (χ0v) is 9.39. The molecule has 1 aromatic carbocycles. The molecule has 0 fully saturated rings. The van der Waals surface area contributed by atoms with Gasteiger partial charge in [0.2, 0.25) is 0 Å². The van der Waals surface area contributed by atoms with Gasteiger partial charge in [-0.25, -0.2) is 0 Å². The predicted octanol–water partition coefficient (Wildman–Crippen LogP) is 1.61. The summed E-state index contributed by atoms with van der Waals surface area (Å²) in [6, 6.07) is 10.2. The van der Waals surface area contributed by atoms with Gasteiger partial charge in [0, 0.05) is 12.3 Å². The summed E-state index contributed by atoms with van der Waals surface area (Å²) in [5.41, 5.74) is 1.27. The fourth-order valence-electron chi connectivity index (χ4n) is 1.47. The Hall–Kier alpha value is -1.30. The van der Waals surface area contributed by atoms with Crippen LogP contribution in [0.5, 0.6) is 0 Å². The van der Waals surface area contributed by atoms with Crippen LogP contribution in [0.2, 0.25) is 0 Å². The van der Waals surface area contributed by atoms with Gasteiger partial charge in [0.15, 0.2) is 0 Å². The minimum atomic E-state index is 0.0201. The van der Waals surface area contributed by atoms with Gasteiger partial charge in [0.25, 0.3) is 0 Å². The first kappa shape index (κ1) is 12.8. The first-order chi connectivity index (χ1) is 7.86. The van der Waals surface area contributed by atoms with Gasteiger partial charge in [-0.3, -0.25) is 0 Å². The lowest BCUT2D eigenvalue weighted by Crippen LogP contribution is -2.04. The lowest BCUT2D eigenvalue weighted by atomic mass is 10.0. The third-order valence-corrected chi connectivity index (χ3v) is 2.39. The molecule has 86 valence electrons. The number of aliphatic hydroxyl groups is 2. The van der Waals surface area contributed by atoms with Gasteiger partial charge < -0.3 is 10.2 Å². The van der Waals surface area contributed by atoms with Crippen LogP contribution in [0.15, 0.2) is 30.3 Å². The Morgan fingerprint density at radius 1 is 1.12 bits per heavy atom. The van der Waals surface area contributed by atoms with Gasteiger partial charge in [0.1, 0.15) is 0 Å². The second-order valence-electron chi connectivity index (χ2n) is 3.70. The second-order valence-corrected chi connectivity index (χ2v) is 3.70. The highest BCUT2D eigenvalue weighted by Gasteiger charge is 2.03. The van der Waals surface area contributed by atoms with Crippen LogP contribution >= 0.6 is 0 Å². The van der Waals surface area contributed by atoms with E-state index in [1.807, 2.05) is 18.2 Å². The van der Waals surface area contributed by atoms with Crippen molar-refractivity contribution in [1.29, 1.82) is 0 Å². The SMILES string of the molecule is OCCC#CC(CO)CCc1ccccc1. The van der Waals surface area contributed by atoms with Crippen molar-refractivity contribution in [2.75, 3.05) is 13.2 Å². The summed E-state index contributed by atoms with van der Waals surface area (Å²) in [5.74, 6) is 5.86. The van der Waals surface area contributed by atoms with E-state index in [1.165, 1.54) is 5.56 Å². The van der Waals surface area contributed by atoms with Crippen LogP contribution in [0.4, 0.5) is 0 Å². The molecule has 0 aliphatic carbocycles. The van der Waals surface area contributed by atoms with E-state index in [1.54, 1.807) is 0 Å². The molecular formula is C14H18O2. The predicted molar refractivity (Wildman–Crippen MR) is 64.8 cm³/mol. The molecule has 2 heteroatoms. The Morgan fingerprint density at radius 2 is 1.88 bits per heavy atom. The summed E-state index contributed by atoms with van der Waals surface area (Å²) < 4.78 is 0. The summed E-state index contributed by atoms with van der Waals surface area (Å²) in [6.45, 7) is 0.176. The quantitative estimate of drug-likeness (QED) is 0.737. The Labute approximate surface area is 96.9 Å². The number of hydrogen-bond acceptors (Lipinski definition) is 2. The fourth-order valence-corrected chi connectivity index (χ4v) is 1.47. The van der Waals surface area contributed by atoms with E-state index in [0.717, 1.165) is 12.8 Å². The third-order valence-electron chi connectivity index (χ3n) is 2.39. The molecule has 0 radical (unpaired) electrons. The second kappa shape index (κ2) is 7.92. The van der Waals surface area contributed by atoms with Crippen LogP contribution in [0.1, 0.15) is 18.4 Å². The molecule has 0 spiro atoms. The molecule has 0 bridgehead atoms. The average molecular weight is 218 g/mol. The Balaban J connectivity index is 2.38. The first-order valence-electron chi connectivity index (χ1n) is 5.61. The highest BCUT2D eigenvalue weighted by atomic mass is 16.3. The van der Waals surface area contributed by atoms with Crippen LogP contribution in [0.25, 0.3) is 0 Å². The number of aryl methyl sites for hydroxylation is 1. The molecule has 0 amide bonds. The van der Waals surface area contributed by atoms with Gasteiger partial charge in [-0.15, -0.1) is 5.92 Å². The van der Waals surface area contributed by atoms with Gasteiger partial charge in [-0.1, -0.05) is 36.3 Å². The minimum Gasteiger partial charge on any atom is -0.395 e. The molecule has 0 heterocycles. The minimum absolute atomic E-state index is 0.0201. The fraction of sp³-hybridized carbons (Fsp3) is 0.429. The first-order valence-corrected chi connectivity index (χ1v) is 5.61. The summed E-state index contributed by atoms with van der Waals surface area (Å²) >= 11 is 0. The normalized spacial score (nSPS) is 11.6.